The van der Waals surface area contributed by atoms with Gasteiger partial charge in [-0.3, -0.25) is 5.32 Å². The third-order valence-electron chi connectivity index (χ3n) is 3.02. The molecule has 1 rings (SSSR count). The number of hydrogen-bond acceptors (Lipinski definition) is 4. The highest BCUT2D eigenvalue weighted by Crippen LogP contribution is 2.26. The van der Waals surface area contributed by atoms with Crippen molar-refractivity contribution in [3.05, 3.63) is 10.4 Å². The molecule has 0 spiro atoms. The van der Waals surface area contributed by atoms with E-state index in [0.717, 1.165) is 12.8 Å². The van der Waals surface area contributed by atoms with Crippen LogP contribution >= 0.6 is 0 Å². The average molecular weight is 237 g/mol. The zero-order valence-electron chi connectivity index (χ0n) is 10.2. The van der Waals surface area contributed by atoms with Crippen LogP contribution in [0.3, 0.4) is 0 Å². The lowest BCUT2D eigenvalue weighted by Gasteiger charge is -2.36. The Kier molecular flexibility index (Phi) is 5.78. The van der Waals surface area contributed by atoms with Gasteiger partial charge in [0.05, 0.1) is 12.2 Å². The van der Waals surface area contributed by atoms with E-state index in [1.54, 1.807) is 0 Å². The van der Waals surface area contributed by atoms with Gasteiger partial charge in [0.25, 0.3) is 0 Å². The summed E-state index contributed by atoms with van der Waals surface area (Å²) in [4.78, 5) is 2.69. The van der Waals surface area contributed by atoms with E-state index < -0.39 is 5.54 Å². The monoisotopic (exact) mass is 237 g/mol. The number of nitriles is 1. The summed E-state index contributed by atoms with van der Waals surface area (Å²) in [6.07, 6.45) is 3.63. The molecule has 0 aromatic carbocycles. The molecule has 1 aliphatic rings. The Bertz CT molecular complexity index is 318. The Labute approximate surface area is 102 Å². The van der Waals surface area contributed by atoms with E-state index in [9.17, 15) is 5.26 Å². The fourth-order valence-electron chi connectivity index (χ4n) is 2.15. The zero-order valence-corrected chi connectivity index (χ0v) is 10.2. The predicted octanol–water partition coefficient (Wildman–Crippen LogP) is 2.13. The van der Waals surface area contributed by atoms with Crippen LogP contribution in [0, 0.1) is 11.3 Å². The van der Waals surface area contributed by atoms with Crippen LogP contribution in [0.5, 0.6) is 0 Å². The number of hydrogen-bond donors (Lipinski definition) is 1. The molecule has 1 aliphatic heterocycles. The van der Waals surface area contributed by atoms with Crippen LogP contribution in [-0.2, 0) is 4.74 Å². The summed E-state index contributed by atoms with van der Waals surface area (Å²) in [7, 11) is 0. The Morgan fingerprint density at radius 1 is 1.71 bits per heavy atom. The quantitative estimate of drug-likeness (QED) is 0.332. The van der Waals surface area contributed by atoms with Crippen LogP contribution in [0.15, 0.2) is 5.11 Å². The van der Waals surface area contributed by atoms with Gasteiger partial charge in [0.1, 0.15) is 5.54 Å². The molecule has 0 aromatic heterocycles. The fraction of sp³-hybridized carbons (Fsp3) is 0.909. The van der Waals surface area contributed by atoms with Crippen molar-refractivity contribution in [2.45, 2.75) is 44.2 Å². The maximum Gasteiger partial charge on any atom is 0.111 e. The molecule has 1 fully saturated rings. The molecule has 1 saturated heterocycles. The van der Waals surface area contributed by atoms with E-state index >= 15 is 0 Å². The van der Waals surface area contributed by atoms with Crippen molar-refractivity contribution in [3.8, 4) is 6.07 Å². The van der Waals surface area contributed by atoms with Crippen molar-refractivity contribution >= 4 is 0 Å². The highest BCUT2D eigenvalue weighted by Gasteiger charge is 2.36. The number of nitrogens with zero attached hydrogens (tertiary/aromatic N) is 4. The minimum atomic E-state index is -0.511. The molecule has 2 unspecified atom stereocenters. The first-order valence-electron chi connectivity index (χ1n) is 6.05. The largest absolute Gasteiger partial charge is 0.378 e. The van der Waals surface area contributed by atoms with E-state index in [1.807, 2.05) is 0 Å². The highest BCUT2D eigenvalue weighted by atomic mass is 16.5. The molecule has 6 nitrogen and oxygen atoms in total. The van der Waals surface area contributed by atoms with Crippen LogP contribution < -0.4 is 5.32 Å². The second-order valence-electron chi connectivity index (χ2n) is 4.31. The lowest BCUT2D eigenvalue weighted by atomic mass is 9.86. The third kappa shape index (κ3) is 4.23. The van der Waals surface area contributed by atoms with Gasteiger partial charge >= 0.3 is 0 Å². The Balaban J connectivity index is 2.49. The summed E-state index contributed by atoms with van der Waals surface area (Å²) >= 11 is 0. The minimum absolute atomic E-state index is 0.167. The van der Waals surface area contributed by atoms with Crippen LogP contribution in [0.2, 0.25) is 0 Å². The van der Waals surface area contributed by atoms with Crippen molar-refractivity contribution in [1.82, 2.24) is 5.32 Å². The minimum Gasteiger partial charge on any atom is -0.378 e. The summed E-state index contributed by atoms with van der Waals surface area (Å²) in [6.45, 7) is 3.64. The maximum atomic E-state index is 9.31. The second-order valence-corrected chi connectivity index (χ2v) is 4.31. The highest BCUT2D eigenvalue weighted by molar-refractivity contribution is 5.09. The number of ether oxygens (including phenoxy) is 1. The van der Waals surface area contributed by atoms with Crippen molar-refractivity contribution in [3.63, 3.8) is 0 Å². The summed E-state index contributed by atoms with van der Waals surface area (Å²) in [5.74, 6) is 0. The lowest BCUT2D eigenvalue weighted by molar-refractivity contribution is -0.0183. The Morgan fingerprint density at radius 2 is 2.53 bits per heavy atom. The van der Waals surface area contributed by atoms with Crippen molar-refractivity contribution in [2.75, 3.05) is 19.7 Å². The topological polar surface area (TPSA) is 93.8 Å². The van der Waals surface area contributed by atoms with E-state index in [-0.39, 0.29) is 6.10 Å². The molecule has 0 saturated carbocycles. The van der Waals surface area contributed by atoms with E-state index in [0.29, 0.717) is 32.5 Å². The third-order valence-corrected chi connectivity index (χ3v) is 3.02. The first-order valence-corrected chi connectivity index (χ1v) is 6.05. The molecule has 2 atom stereocenters. The summed E-state index contributed by atoms with van der Waals surface area (Å²) in [5, 5.41) is 16.0. The van der Waals surface area contributed by atoms with Crippen LogP contribution in [0.25, 0.3) is 10.4 Å². The van der Waals surface area contributed by atoms with Gasteiger partial charge < -0.3 is 4.74 Å². The normalized spacial score (nSPS) is 28.1. The Hall–Kier alpha value is -1.28. The van der Waals surface area contributed by atoms with Gasteiger partial charge in [-0.1, -0.05) is 18.5 Å². The molecule has 0 aromatic rings. The smallest absolute Gasteiger partial charge is 0.111 e. The van der Waals surface area contributed by atoms with E-state index in [4.69, 9.17) is 10.3 Å². The summed E-state index contributed by atoms with van der Waals surface area (Å²) in [5.41, 5.74) is 7.67. The average Bonchev–Trinajstić information content (AvgIpc) is 2.36. The van der Waals surface area contributed by atoms with Gasteiger partial charge in [-0.2, -0.15) is 5.26 Å². The molecule has 6 heteroatoms. The molecule has 1 N–H and O–H groups in total. The molecule has 0 radical (unpaired) electrons. The van der Waals surface area contributed by atoms with Gasteiger partial charge in [0.2, 0.25) is 0 Å². The number of azide groups is 1. The molecule has 94 valence electrons. The summed E-state index contributed by atoms with van der Waals surface area (Å²) in [6, 6.07) is 2.36. The first kappa shape index (κ1) is 13.8. The second kappa shape index (κ2) is 7.13. The lowest BCUT2D eigenvalue weighted by Crippen LogP contribution is -2.51. The Morgan fingerprint density at radius 3 is 3.18 bits per heavy atom. The van der Waals surface area contributed by atoms with Crippen LogP contribution in [0.1, 0.15) is 32.6 Å². The maximum absolute atomic E-state index is 9.31. The zero-order chi connectivity index (χ0) is 12.6. The van der Waals surface area contributed by atoms with Crippen molar-refractivity contribution in [1.29, 1.82) is 5.26 Å². The van der Waals surface area contributed by atoms with E-state index in [2.05, 4.69) is 28.3 Å². The van der Waals surface area contributed by atoms with Gasteiger partial charge in [0, 0.05) is 37.4 Å². The van der Waals surface area contributed by atoms with Crippen LogP contribution in [-0.4, -0.2) is 31.3 Å². The number of nitrogens with one attached hydrogen (secondary N) is 1. The van der Waals surface area contributed by atoms with Gasteiger partial charge in [-0.15, -0.1) is 0 Å². The molecule has 17 heavy (non-hydrogen) atoms. The first-order chi connectivity index (χ1) is 8.26. The van der Waals surface area contributed by atoms with Crippen molar-refractivity contribution in [2.24, 2.45) is 5.11 Å². The SMILES string of the molecule is CCCC1CC(C#N)(NCCN=[N+]=[N-])CCO1. The molecule has 1 heterocycles. The molecule has 0 bridgehead atoms. The van der Waals surface area contributed by atoms with Gasteiger partial charge in [0.15, 0.2) is 0 Å². The van der Waals surface area contributed by atoms with Crippen molar-refractivity contribution < 1.29 is 4.74 Å². The molecular weight excluding hydrogens is 218 g/mol. The van der Waals surface area contributed by atoms with Crippen LogP contribution in [0.4, 0.5) is 0 Å². The van der Waals surface area contributed by atoms with Gasteiger partial charge in [-0.05, 0) is 12.0 Å². The van der Waals surface area contributed by atoms with E-state index in [1.165, 1.54) is 0 Å². The molecular formula is C11H19N5O. The van der Waals surface area contributed by atoms with Gasteiger partial charge in [-0.25, -0.2) is 0 Å². The predicted molar refractivity (Wildman–Crippen MR) is 64.2 cm³/mol. The summed E-state index contributed by atoms with van der Waals surface area (Å²) < 4.78 is 5.63. The standard InChI is InChI=1S/C11H19N5O/c1-2-3-10-8-11(9-12,4-7-17-10)14-5-6-15-16-13/h10,14H,2-8H2,1H3. The molecule has 0 aliphatic carbocycles. The fourth-order valence-corrected chi connectivity index (χ4v) is 2.15. The number of rotatable bonds is 6. The molecule has 0 amide bonds.